The van der Waals surface area contributed by atoms with Crippen molar-refractivity contribution in [3.8, 4) is 0 Å². The molecule has 2 heterocycles. The van der Waals surface area contributed by atoms with Gasteiger partial charge in [-0.05, 0) is 69.3 Å². The number of aromatic nitrogens is 1. The van der Waals surface area contributed by atoms with Gasteiger partial charge in [-0.3, -0.25) is 9.78 Å². The summed E-state index contributed by atoms with van der Waals surface area (Å²) < 4.78 is 13.0. The lowest BCUT2D eigenvalue weighted by Gasteiger charge is -2.46. The first kappa shape index (κ1) is 17.3. The summed E-state index contributed by atoms with van der Waals surface area (Å²) in [6.45, 7) is 2.96. The van der Waals surface area contributed by atoms with Gasteiger partial charge >= 0.3 is 5.97 Å². The SMILES string of the molecule is NCC1(Cc2ccc(F)cn2)CCN(CC2(C(=O)O)CCC2)CC1. The molecule has 1 saturated heterocycles. The summed E-state index contributed by atoms with van der Waals surface area (Å²) in [5.41, 5.74) is 6.39. The van der Waals surface area contributed by atoms with Gasteiger partial charge < -0.3 is 15.7 Å². The second kappa shape index (κ2) is 6.76. The molecule has 1 aromatic rings. The summed E-state index contributed by atoms with van der Waals surface area (Å²) in [6.07, 6.45) is 6.46. The van der Waals surface area contributed by atoms with E-state index in [1.54, 1.807) is 6.07 Å². The molecule has 132 valence electrons. The highest BCUT2D eigenvalue weighted by Gasteiger charge is 2.46. The smallest absolute Gasteiger partial charge is 0.310 e. The van der Waals surface area contributed by atoms with Crippen molar-refractivity contribution in [1.82, 2.24) is 9.88 Å². The summed E-state index contributed by atoms with van der Waals surface area (Å²) in [5, 5.41) is 9.49. The number of rotatable bonds is 6. The average molecular weight is 335 g/mol. The van der Waals surface area contributed by atoms with E-state index in [-0.39, 0.29) is 11.2 Å². The normalized spacial score (nSPS) is 22.8. The fraction of sp³-hybridized carbons (Fsp3) is 0.667. The predicted octanol–water partition coefficient (Wildman–Crippen LogP) is 2.06. The van der Waals surface area contributed by atoms with Crippen molar-refractivity contribution in [2.24, 2.45) is 16.6 Å². The highest BCUT2D eigenvalue weighted by molar-refractivity contribution is 5.76. The molecule has 1 aliphatic heterocycles. The van der Waals surface area contributed by atoms with Crippen LogP contribution in [0, 0.1) is 16.6 Å². The second-order valence-corrected chi connectivity index (χ2v) is 7.56. The van der Waals surface area contributed by atoms with E-state index in [0.717, 1.165) is 57.3 Å². The van der Waals surface area contributed by atoms with Gasteiger partial charge in [0.1, 0.15) is 5.82 Å². The molecule has 2 aliphatic rings. The van der Waals surface area contributed by atoms with Crippen LogP contribution in [0.5, 0.6) is 0 Å². The zero-order chi connectivity index (χ0) is 17.2. The summed E-state index contributed by atoms with van der Waals surface area (Å²) in [7, 11) is 0. The minimum absolute atomic E-state index is 0.0165. The minimum atomic E-state index is -0.653. The number of halogens is 1. The van der Waals surface area contributed by atoms with Gasteiger partial charge in [-0.1, -0.05) is 6.42 Å². The van der Waals surface area contributed by atoms with Gasteiger partial charge in [0.05, 0.1) is 11.6 Å². The van der Waals surface area contributed by atoms with Crippen molar-refractivity contribution >= 4 is 5.97 Å². The Balaban J connectivity index is 1.59. The van der Waals surface area contributed by atoms with E-state index in [2.05, 4.69) is 9.88 Å². The number of aliphatic carboxylic acids is 1. The fourth-order valence-electron chi connectivity index (χ4n) is 4.00. The van der Waals surface area contributed by atoms with Crippen LogP contribution in [-0.2, 0) is 11.2 Å². The Kier molecular flexibility index (Phi) is 4.88. The maximum Gasteiger partial charge on any atom is 0.310 e. The Morgan fingerprint density at radius 2 is 2.00 bits per heavy atom. The summed E-state index contributed by atoms with van der Waals surface area (Å²) in [6, 6.07) is 3.17. The number of hydrogen-bond donors (Lipinski definition) is 2. The van der Waals surface area contributed by atoms with E-state index < -0.39 is 11.4 Å². The number of carbonyl (C=O) groups is 1. The van der Waals surface area contributed by atoms with Gasteiger partial charge in [0.15, 0.2) is 0 Å². The standard InChI is InChI=1S/C18H26FN3O2/c19-14-2-3-15(21-11-14)10-17(12-20)6-8-22(9-7-17)13-18(16(23)24)4-1-5-18/h2-3,11H,1,4-10,12-13,20H2,(H,23,24). The Hall–Kier alpha value is -1.53. The molecule has 0 amide bonds. The molecule has 0 spiro atoms. The Morgan fingerprint density at radius 3 is 2.46 bits per heavy atom. The van der Waals surface area contributed by atoms with Gasteiger partial charge in [-0.25, -0.2) is 4.39 Å². The number of pyridine rings is 1. The van der Waals surface area contributed by atoms with Gasteiger partial charge in [-0.15, -0.1) is 0 Å². The van der Waals surface area contributed by atoms with Gasteiger partial charge in [0, 0.05) is 12.2 Å². The molecule has 6 heteroatoms. The van der Waals surface area contributed by atoms with Crippen LogP contribution in [0.15, 0.2) is 18.3 Å². The highest BCUT2D eigenvalue weighted by Crippen LogP contribution is 2.43. The summed E-state index contributed by atoms with van der Waals surface area (Å²) >= 11 is 0. The molecule has 0 bridgehead atoms. The van der Waals surface area contributed by atoms with Crippen molar-refractivity contribution in [3.05, 3.63) is 29.8 Å². The first-order valence-corrected chi connectivity index (χ1v) is 8.73. The second-order valence-electron chi connectivity index (χ2n) is 7.56. The maximum atomic E-state index is 13.0. The zero-order valence-electron chi connectivity index (χ0n) is 14.0. The van der Waals surface area contributed by atoms with Crippen LogP contribution in [0.3, 0.4) is 0 Å². The lowest BCUT2D eigenvalue weighted by molar-refractivity contribution is -0.156. The molecule has 1 aliphatic carbocycles. The molecular weight excluding hydrogens is 309 g/mol. The molecule has 3 rings (SSSR count). The molecule has 2 fully saturated rings. The molecule has 24 heavy (non-hydrogen) atoms. The first-order chi connectivity index (χ1) is 11.5. The molecule has 0 aromatic carbocycles. The van der Waals surface area contributed by atoms with Crippen molar-refractivity contribution < 1.29 is 14.3 Å². The Bertz CT molecular complexity index is 578. The molecule has 1 saturated carbocycles. The van der Waals surface area contributed by atoms with Crippen LogP contribution in [-0.4, -0.2) is 47.1 Å². The lowest BCUT2D eigenvalue weighted by atomic mass is 9.67. The van der Waals surface area contributed by atoms with E-state index in [1.165, 1.54) is 12.3 Å². The van der Waals surface area contributed by atoms with Crippen molar-refractivity contribution in [2.75, 3.05) is 26.2 Å². The third-order valence-corrected chi connectivity index (χ3v) is 5.99. The predicted molar refractivity (Wildman–Crippen MR) is 89.0 cm³/mol. The number of carboxylic acids is 1. The Morgan fingerprint density at radius 1 is 1.29 bits per heavy atom. The van der Waals surface area contributed by atoms with E-state index in [1.807, 2.05) is 0 Å². The number of likely N-dealkylation sites (tertiary alicyclic amines) is 1. The van der Waals surface area contributed by atoms with E-state index in [0.29, 0.717) is 13.1 Å². The maximum absolute atomic E-state index is 13.0. The molecule has 3 N–H and O–H groups in total. The van der Waals surface area contributed by atoms with Crippen molar-refractivity contribution in [1.29, 1.82) is 0 Å². The van der Waals surface area contributed by atoms with Crippen molar-refractivity contribution in [3.63, 3.8) is 0 Å². The number of nitrogens with two attached hydrogens (primary N) is 1. The molecule has 0 unspecified atom stereocenters. The molecule has 0 atom stereocenters. The Labute approximate surface area is 142 Å². The third kappa shape index (κ3) is 3.44. The van der Waals surface area contributed by atoms with Gasteiger partial charge in [0.25, 0.3) is 0 Å². The van der Waals surface area contributed by atoms with E-state index in [9.17, 15) is 14.3 Å². The summed E-state index contributed by atoms with van der Waals surface area (Å²) in [5.74, 6) is -0.977. The lowest BCUT2D eigenvalue weighted by Crippen LogP contribution is -2.52. The van der Waals surface area contributed by atoms with Crippen molar-refractivity contribution in [2.45, 2.75) is 38.5 Å². The summed E-state index contributed by atoms with van der Waals surface area (Å²) in [4.78, 5) is 18.0. The number of hydrogen-bond acceptors (Lipinski definition) is 4. The van der Waals surface area contributed by atoms with Gasteiger partial charge in [0.2, 0.25) is 0 Å². The molecule has 0 radical (unpaired) electrons. The average Bonchev–Trinajstić information content (AvgIpc) is 2.54. The minimum Gasteiger partial charge on any atom is -0.481 e. The van der Waals surface area contributed by atoms with Gasteiger partial charge in [-0.2, -0.15) is 0 Å². The highest BCUT2D eigenvalue weighted by atomic mass is 19.1. The zero-order valence-corrected chi connectivity index (χ0v) is 14.0. The largest absolute Gasteiger partial charge is 0.481 e. The van der Waals surface area contributed by atoms with E-state index >= 15 is 0 Å². The van der Waals surface area contributed by atoms with Crippen LogP contribution in [0.2, 0.25) is 0 Å². The molecule has 1 aromatic heterocycles. The van der Waals surface area contributed by atoms with E-state index in [4.69, 9.17) is 5.73 Å². The quantitative estimate of drug-likeness (QED) is 0.832. The fourth-order valence-corrected chi connectivity index (χ4v) is 4.00. The van der Waals surface area contributed by atoms with Crippen LogP contribution >= 0.6 is 0 Å². The monoisotopic (exact) mass is 335 g/mol. The van der Waals surface area contributed by atoms with Crippen LogP contribution in [0.1, 0.15) is 37.8 Å². The number of carboxylic acid groups (broad SMARTS) is 1. The third-order valence-electron chi connectivity index (χ3n) is 5.99. The molecule has 5 nitrogen and oxygen atoms in total. The van der Waals surface area contributed by atoms with Crippen LogP contribution in [0.25, 0.3) is 0 Å². The van der Waals surface area contributed by atoms with Crippen LogP contribution in [0.4, 0.5) is 4.39 Å². The van der Waals surface area contributed by atoms with Crippen LogP contribution < -0.4 is 5.73 Å². The topological polar surface area (TPSA) is 79.5 Å². The first-order valence-electron chi connectivity index (χ1n) is 8.73. The molecular formula is C18H26FN3O2. The number of piperidine rings is 1. The number of nitrogens with zero attached hydrogens (tertiary/aromatic N) is 2.